The first-order valence-corrected chi connectivity index (χ1v) is 9.89. The average Bonchev–Trinajstić information content (AvgIpc) is 3.10. The lowest BCUT2D eigenvalue weighted by atomic mass is 10.1. The Hall–Kier alpha value is -3.25. The van der Waals surface area contributed by atoms with E-state index < -0.39 is 0 Å². The third-order valence-corrected chi connectivity index (χ3v) is 4.69. The molecule has 0 spiro atoms. The largest absolute Gasteiger partial charge is 0.436 e. The smallest absolute Gasteiger partial charge is 0.227 e. The maximum absolute atomic E-state index is 11.9. The molecule has 146 valence electrons. The minimum Gasteiger partial charge on any atom is -0.436 e. The Bertz CT molecular complexity index is 1210. The van der Waals surface area contributed by atoms with E-state index in [2.05, 4.69) is 39.9 Å². The molecule has 4 aromatic rings. The second-order valence-corrected chi connectivity index (χ2v) is 7.77. The number of oxazole rings is 1. The fourth-order valence-corrected chi connectivity index (χ4v) is 3.39. The van der Waals surface area contributed by atoms with Crippen molar-refractivity contribution < 1.29 is 9.21 Å². The van der Waals surface area contributed by atoms with Crippen molar-refractivity contribution in [1.82, 2.24) is 10.3 Å². The average molecular weight is 404 g/mol. The highest BCUT2D eigenvalue weighted by Gasteiger charge is 2.11. The first kappa shape index (κ1) is 19.1. The number of fused-ring (bicyclic) bond motifs is 2. The molecule has 1 heterocycles. The van der Waals surface area contributed by atoms with Gasteiger partial charge < -0.3 is 15.1 Å². The van der Waals surface area contributed by atoms with Crippen molar-refractivity contribution in [2.75, 3.05) is 5.32 Å². The number of carbonyl (C=O) groups is 1. The number of benzene rings is 3. The van der Waals surface area contributed by atoms with Gasteiger partial charge in [0, 0.05) is 17.7 Å². The van der Waals surface area contributed by atoms with Gasteiger partial charge in [-0.15, -0.1) is 0 Å². The molecule has 29 heavy (non-hydrogen) atoms. The second-order valence-electron chi connectivity index (χ2n) is 7.36. The fourth-order valence-electron chi connectivity index (χ4n) is 3.16. The van der Waals surface area contributed by atoms with E-state index >= 15 is 0 Å². The zero-order valence-corrected chi connectivity index (χ0v) is 17.0. The molecule has 0 unspecified atom stereocenters. The lowest BCUT2D eigenvalue weighted by Crippen LogP contribution is -2.34. The van der Waals surface area contributed by atoms with Crippen LogP contribution in [0.4, 0.5) is 5.69 Å². The van der Waals surface area contributed by atoms with Crippen LogP contribution in [0.2, 0.25) is 0 Å². The number of anilines is 1. The third kappa shape index (κ3) is 4.43. The first-order chi connectivity index (χ1) is 14.0. The van der Waals surface area contributed by atoms with Crippen molar-refractivity contribution in [2.24, 2.45) is 5.92 Å². The predicted octanol–water partition coefficient (Wildman–Crippen LogP) is 5.51. The number of aromatic nitrogens is 1. The summed E-state index contributed by atoms with van der Waals surface area (Å²) in [6.45, 7) is 3.98. The molecule has 1 aromatic heterocycles. The Morgan fingerprint density at radius 1 is 1.07 bits per heavy atom. The number of hydrogen-bond acceptors (Lipinski definition) is 4. The molecule has 3 aromatic carbocycles. The molecule has 0 fully saturated rings. The lowest BCUT2D eigenvalue weighted by molar-refractivity contribution is -0.120. The topological polar surface area (TPSA) is 67.2 Å². The molecular formula is C23H21N3O2S. The lowest BCUT2D eigenvalue weighted by Gasteiger charge is -2.10. The molecule has 0 atom stereocenters. The van der Waals surface area contributed by atoms with Crippen LogP contribution in [0.1, 0.15) is 20.3 Å². The first-order valence-electron chi connectivity index (χ1n) is 9.48. The van der Waals surface area contributed by atoms with Crippen LogP contribution < -0.4 is 10.6 Å². The molecule has 0 aliphatic rings. The van der Waals surface area contributed by atoms with Gasteiger partial charge in [0.15, 0.2) is 10.7 Å². The standard InChI is InChI=1S/C23H21N3O2S/c1-14(2)11-21(27)26-23(29)24-18-9-10-20-19(13-18)25-22(28-20)17-8-7-15-5-3-4-6-16(15)12-17/h3-10,12-14H,11H2,1-2H3,(H2,24,26,27,29). The van der Waals surface area contributed by atoms with Crippen LogP contribution in [0.25, 0.3) is 33.3 Å². The molecule has 0 bridgehead atoms. The van der Waals surface area contributed by atoms with Gasteiger partial charge in [0.1, 0.15) is 5.52 Å². The number of amides is 1. The van der Waals surface area contributed by atoms with Gasteiger partial charge in [-0.25, -0.2) is 4.98 Å². The van der Waals surface area contributed by atoms with Gasteiger partial charge in [-0.05, 0) is 59.2 Å². The molecule has 4 rings (SSSR count). The summed E-state index contributed by atoms with van der Waals surface area (Å²) in [4.78, 5) is 16.5. The number of thiocarbonyl (C=S) groups is 1. The van der Waals surface area contributed by atoms with Gasteiger partial charge in [0.2, 0.25) is 11.8 Å². The minimum atomic E-state index is -0.0985. The van der Waals surface area contributed by atoms with Gasteiger partial charge in [0.25, 0.3) is 0 Å². The van der Waals surface area contributed by atoms with Crippen LogP contribution in [0.15, 0.2) is 65.1 Å². The van der Waals surface area contributed by atoms with Crippen LogP contribution >= 0.6 is 12.2 Å². The summed E-state index contributed by atoms with van der Waals surface area (Å²) in [7, 11) is 0. The Morgan fingerprint density at radius 2 is 1.86 bits per heavy atom. The normalized spacial score (nSPS) is 11.1. The van der Waals surface area contributed by atoms with E-state index in [4.69, 9.17) is 16.6 Å². The molecule has 6 heteroatoms. The Labute approximate surface area is 174 Å². The van der Waals surface area contributed by atoms with E-state index in [1.54, 1.807) is 0 Å². The molecular weight excluding hydrogens is 382 g/mol. The Kier molecular flexibility index (Phi) is 5.27. The van der Waals surface area contributed by atoms with Crippen molar-refractivity contribution in [1.29, 1.82) is 0 Å². The molecule has 2 N–H and O–H groups in total. The number of hydrogen-bond donors (Lipinski definition) is 2. The summed E-state index contributed by atoms with van der Waals surface area (Å²) >= 11 is 5.23. The number of nitrogens with zero attached hydrogens (tertiary/aromatic N) is 1. The highest BCUT2D eigenvalue weighted by Crippen LogP contribution is 2.28. The predicted molar refractivity (Wildman–Crippen MR) is 121 cm³/mol. The zero-order chi connectivity index (χ0) is 20.4. The third-order valence-electron chi connectivity index (χ3n) is 4.49. The highest BCUT2D eigenvalue weighted by atomic mass is 32.1. The van der Waals surface area contributed by atoms with Crippen molar-refractivity contribution >= 4 is 50.8 Å². The summed E-state index contributed by atoms with van der Waals surface area (Å²) in [6.07, 6.45) is 0.430. The summed E-state index contributed by atoms with van der Waals surface area (Å²) in [5.41, 5.74) is 3.07. The number of carbonyl (C=O) groups excluding carboxylic acids is 1. The Balaban J connectivity index is 1.54. The second kappa shape index (κ2) is 8.01. The van der Waals surface area contributed by atoms with Gasteiger partial charge in [0.05, 0.1) is 0 Å². The Morgan fingerprint density at radius 3 is 2.66 bits per heavy atom. The van der Waals surface area contributed by atoms with Crippen molar-refractivity contribution in [3.8, 4) is 11.5 Å². The van der Waals surface area contributed by atoms with Gasteiger partial charge in [-0.2, -0.15) is 0 Å². The highest BCUT2D eigenvalue weighted by molar-refractivity contribution is 7.80. The molecule has 0 aliphatic carbocycles. The zero-order valence-electron chi connectivity index (χ0n) is 16.2. The van der Waals surface area contributed by atoms with Gasteiger partial charge in [-0.1, -0.05) is 44.2 Å². The van der Waals surface area contributed by atoms with E-state index in [-0.39, 0.29) is 16.9 Å². The van der Waals surface area contributed by atoms with Crippen LogP contribution in [-0.4, -0.2) is 16.0 Å². The van der Waals surface area contributed by atoms with Gasteiger partial charge >= 0.3 is 0 Å². The maximum Gasteiger partial charge on any atom is 0.227 e. The van der Waals surface area contributed by atoms with E-state index in [0.717, 1.165) is 22.2 Å². The monoisotopic (exact) mass is 403 g/mol. The van der Waals surface area contributed by atoms with Crippen LogP contribution in [-0.2, 0) is 4.79 Å². The van der Waals surface area contributed by atoms with E-state index in [9.17, 15) is 4.79 Å². The van der Waals surface area contributed by atoms with Crippen molar-refractivity contribution in [3.05, 3.63) is 60.7 Å². The number of nitrogens with one attached hydrogen (secondary N) is 2. The fraction of sp³-hybridized carbons (Fsp3) is 0.174. The molecule has 1 amide bonds. The summed E-state index contributed by atoms with van der Waals surface area (Å²) < 4.78 is 5.93. The van der Waals surface area contributed by atoms with Gasteiger partial charge in [-0.3, -0.25) is 4.79 Å². The summed E-state index contributed by atoms with van der Waals surface area (Å²) in [5, 5.41) is 8.30. The van der Waals surface area contributed by atoms with Crippen molar-refractivity contribution in [2.45, 2.75) is 20.3 Å². The molecule has 5 nitrogen and oxygen atoms in total. The SMILES string of the molecule is CC(C)CC(=O)NC(=S)Nc1ccc2oc(-c3ccc4ccccc4c3)nc2c1. The summed E-state index contributed by atoms with van der Waals surface area (Å²) in [5.74, 6) is 0.743. The molecule has 0 radical (unpaired) electrons. The van der Waals surface area contributed by atoms with E-state index in [0.29, 0.717) is 17.9 Å². The molecule has 0 saturated heterocycles. The quantitative estimate of drug-likeness (QED) is 0.440. The summed E-state index contributed by atoms with van der Waals surface area (Å²) in [6, 6.07) is 19.8. The number of rotatable bonds is 4. The maximum atomic E-state index is 11.9. The van der Waals surface area contributed by atoms with Crippen molar-refractivity contribution in [3.63, 3.8) is 0 Å². The minimum absolute atomic E-state index is 0.0985. The van der Waals surface area contributed by atoms with E-state index in [1.807, 2.05) is 50.2 Å². The van der Waals surface area contributed by atoms with E-state index in [1.165, 1.54) is 5.39 Å². The van der Waals surface area contributed by atoms with Crippen LogP contribution in [0, 0.1) is 5.92 Å². The molecule has 0 saturated carbocycles. The molecule has 0 aliphatic heterocycles. The van der Waals surface area contributed by atoms with Crippen LogP contribution in [0.3, 0.4) is 0 Å². The van der Waals surface area contributed by atoms with Crippen LogP contribution in [0.5, 0.6) is 0 Å².